The van der Waals surface area contributed by atoms with E-state index in [0.29, 0.717) is 28.6 Å². The van der Waals surface area contributed by atoms with Crippen LogP contribution in [0.5, 0.6) is 11.5 Å². The van der Waals surface area contributed by atoms with Crippen LogP contribution in [0.1, 0.15) is 24.1 Å². The van der Waals surface area contributed by atoms with E-state index in [0.717, 1.165) is 22.0 Å². The van der Waals surface area contributed by atoms with Gasteiger partial charge in [-0.05, 0) is 65.0 Å². The van der Waals surface area contributed by atoms with Crippen LogP contribution in [0.15, 0.2) is 72.9 Å². The van der Waals surface area contributed by atoms with Crippen molar-refractivity contribution in [3.8, 4) is 11.5 Å². The van der Waals surface area contributed by atoms with E-state index < -0.39 is 6.04 Å². The Labute approximate surface area is 215 Å². The minimum atomic E-state index is -0.741. The number of hydrogen-bond acceptors (Lipinski definition) is 7. The van der Waals surface area contributed by atoms with E-state index in [9.17, 15) is 9.59 Å². The molecule has 9 nitrogen and oxygen atoms in total. The van der Waals surface area contributed by atoms with E-state index >= 15 is 0 Å². The molecule has 0 saturated heterocycles. The average molecular weight is 500 g/mol. The molecule has 0 aliphatic carbocycles. The van der Waals surface area contributed by atoms with Crippen molar-refractivity contribution in [1.82, 2.24) is 10.3 Å². The standard InChI is InChI=1S/C28H29N5O4/c1-17(34)32-21-6-4-5-18(13-21)16-31-28(35)26(20-7-10-24(36-2)25(15-20)37-3)33-22-8-9-23-19(14-22)11-12-30-27(23)29/h4-15,26,33H,16H2,1-3H3,(H2,29,30)(H,31,35)(H,32,34). The SMILES string of the molecule is COc1ccc(C(Nc2ccc3c(N)nccc3c2)C(=O)NCc2cccc(NC(C)=O)c2)cc1OC. The van der Waals surface area contributed by atoms with E-state index in [4.69, 9.17) is 15.2 Å². The lowest BCUT2D eigenvalue weighted by Crippen LogP contribution is -2.33. The van der Waals surface area contributed by atoms with Crippen LogP contribution in [0.4, 0.5) is 17.2 Å². The molecule has 1 atom stereocenters. The number of nitrogens with one attached hydrogen (secondary N) is 3. The third-order valence-corrected chi connectivity index (χ3v) is 5.82. The lowest BCUT2D eigenvalue weighted by molar-refractivity contribution is -0.122. The molecule has 190 valence electrons. The van der Waals surface area contributed by atoms with Gasteiger partial charge >= 0.3 is 0 Å². The molecule has 0 aliphatic rings. The van der Waals surface area contributed by atoms with Gasteiger partial charge in [0.15, 0.2) is 11.5 Å². The number of ether oxygens (including phenoxy) is 2. The molecule has 4 rings (SSSR count). The maximum atomic E-state index is 13.5. The molecule has 2 amide bonds. The fourth-order valence-electron chi connectivity index (χ4n) is 4.04. The van der Waals surface area contributed by atoms with Crippen molar-refractivity contribution in [2.75, 3.05) is 30.6 Å². The van der Waals surface area contributed by atoms with Crippen LogP contribution in [-0.2, 0) is 16.1 Å². The third kappa shape index (κ3) is 6.07. The highest BCUT2D eigenvalue weighted by Gasteiger charge is 2.22. The molecule has 5 N–H and O–H groups in total. The molecule has 1 heterocycles. The number of carbonyl (C=O) groups is 2. The summed E-state index contributed by atoms with van der Waals surface area (Å²) < 4.78 is 10.8. The molecule has 1 aromatic heterocycles. The lowest BCUT2D eigenvalue weighted by atomic mass is 10.0. The molecule has 3 aromatic carbocycles. The van der Waals surface area contributed by atoms with Crippen molar-refractivity contribution in [1.29, 1.82) is 0 Å². The van der Waals surface area contributed by atoms with Gasteiger partial charge in [-0.2, -0.15) is 0 Å². The molecular weight excluding hydrogens is 470 g/mol. The number of rotatable bonds is 9. The Morgan fingerprint density at radius 1 is 0.946 bits per heavy atom. The molecule has 0 fully saturated rings. The zero-order valence-electron chi connectivity index (χ0n) is 20.9. The normalized spacial score (nSPS) is 11.4. The van der Waals surface area contributed by atoms with Crippen LogP contribution >= 0.6 is 0 Å². The second kappa shape index (κ2) is 11.3. The predicted octanol–water partition coefficient (Wildman–Crippen LogP) is 4.26. The van der Waals surface area contributed by atoms with Crippen LogP contribution in [0.3, 0.4) is 0 Å². The minimum Gasteiger partial charge on any atom is -0.493 e. The Kier molecular flexibility index (Phi) is 7.73. The Morgan fingerprint density at radius 2 is 1.76 bits per heavy atom. The van der Waals surface area contributed by atoms with Crippen molar-refractivity contribution >= 4 is 39.8 Å². The number of anilines is 3. The summed E-state index contributed by atoms with van der Waals surface area (Å²) in [4.78, 5) is 29.0. The van der Waals surface area contributed by atoms with Crippen LogP contribution in [-0.4, -0.2) is 31.0 Å². The Bertz CT molecular complexity index is 1440. The molecule has 0 saturated carbocycles. The first kappa shape index (κ1) is 25.3. The molecule has 4 aromatic rings. The number of nitrogen functional groups attached to an aromatic ring is 1. The van der Waals surface area contributed by atoms with E-state index in [1.165, 1.54) is 6.92 Å². The summed E-state index contributed by atoms with van der Waals surface area (Å²) in [5.41, 5.74) is 8.93. The summed E-state index contributed by atoms with van der Waals surface area (Å²) in [5.74, 6) is 1.12. The number of fused-ring (bicyclic) bond motifs is 1. The lowest BCUT2D eigenvalue weighted by Gasteiger charge is -2.22. The maximum absolute atomic E-state index is 13.5. The molecule has 0 spiro atoms. The molecule has 0 bridgehead atoms. The molecular formula is C28H29N5O4. The number of benzene rings is 3. The summed E-state index contributed by atoms with van der Waals surface area (Å²) in [6.07, 6.45) is 1.65. The molecule has 9 heteroatoms. The first-order chi connectivity index (χ1) is 17.9. The molecule has 1 unspecified atom stereocenters. The highest BCUT2D eigenvalue weighted by Crippen LogP contribution is 2.32. The third-order valence-electron chi connectivity index (χ3n) is 5.82. The van der Waals surface area contributed by atoms with Crippen molar-refractivity contribution in [2.45, 2.75) is 19.5 Å². The smallest absolute Gasteiger partial charge is 0.247 e. The summed E-state index contributed by atoms with van der Waals surface area (Å²) in [6, 6.07) is 19.5. The van der Waals surface area contributed by atoms with Gasteiger partial charge in [0, 0.05) is 36.4 Å². The number of aromatic nitrogens is 1. The number of amides is 2. The molecule has 0 radical (unpaired) electrons. The number of hydrogen-bond donors (Lipinski definition) is 4. The van der Waals surface area contributed by atoms with Gasteiger partial charge in [-0.15, -0.1) is 0 Å². The van der Waals surface area contributed by atoms with Gasteiger partial charge in [-0.1, -0.05) is 18.2 Å². The van der Waals surface area contributed by atoms with Gasteiger partial charge in [-0.3, -0.25) is 9.59 Å². The fourth-order valence-corrected chi connectivity index (χ4v) is 4.04. The Hall–Kier alpha value is -4.79. The van der Waals surface area contributed by atoms with Gasteiger partial charge in [0.05, 0.1) is 14.2 Å². The Morgan fingerprint density at radius 3 is 2.51 bits per heavy atom. The molecule has 0 aliphatic heterocycles. The van der Waals surface area contributed by atoms with Gasteiger partial charge in [0.25, 0.3) is 0 Å². The largest absolute Gasteiger partial charge is 0.493 e. The van der Waals surface area contributed by atoms with Crippen molar-refractivity contribution in [3.05, 3.63) is 84.1 Å². The number of nitrogens with zero attached hydrogens (tertiary/aromatic N) is 1. The van der Waals surface area contributed by atoms with Gasteiger partial charge in [0.1, 0.15) is 11.9 Å². The van der Waals surface area contributed by atoms with Gasteiger partial charge in [0.2, 0.25) is 11.8 Å². The van der Waals surface area contributed by atoms with E-state index in [2.05, 4.69) is 20.9 Å². The Balaban J connectivity index is 1.62. The summed E-state index contributed by atoms with van der Waals surface area (Å²) in [5, 5.41) is 10.8. The van der Waals surface area contributed by atoms with E-state index in [1.807, 2.05) is 48.5 Å². The van der Waals surface area contributed by atoms with E-state index in [1.54, 1.807) is 38.6 Å². The van der Waals surface area contributed by atoms with Gasteiger partial charge < -0.3 is 31.2 Å². The second-order valence-electron chi connectivity index (χ2n) is 8.42. The zero-order chi connectivity index (χ0) is 26.4. The highest BCUT2D eigenvalue weighted by molar-refractivity contribution is 5.94. The van der Waals surface area contributed by atoms with Crippen molar-refractivity contribution < 1.29 is 19.1 Å². The number of carbonyl (C=O) groups excluding carboxylic acids is 2. The minimum absolute atomic E-state index is 0.160. The predicted molar refractivity (Wildman–Crippen MR) is 145 cm³/mol. The van der Waals surface area contributed by atoms with Crippen LogP contribution in [0, 0.1) is 0 Å². The van der Waals surface area contributed by atoms with Crippen LogP contribution < -0.4 is 31.2 Å². The first-order valence-corrected chi connectivity index (χ1v) is 11.6. The monoisotopic (exact) mass is 499 g/mol. The second-order valence-corrected chi connectivity index (χ2v) is 8.42. The number of pyridine rings is 1. The summed E-state index contributed by atoms with van der Waals surface area (Å²) >= 11 is 0. The van der Waals surface area contributed by atoms with Crippen LogP contribution in [0.25, 0.3) is 10.8 Å². The van der Waals surface area contributed by atoms with Crippen molar-refractivity contribution in [3.63, 3.8) is 0 Å². The fraction of sp³-hybridized carbons (Fsp3) is 0.179. The maximum Gasteiger partial charge on any atom is 0.247 e. The topological polar surface area (TPSA) is 128 Å². The zero-order valence-corrected chi connectivity index (χ0v) is 20.9. The quantitative estimate of drug-likeness (QED) is 0.271. The first-order valence-electron chi connectivity index (χ1n) is 11.6. The summed E-state index contributed by atoms with van der Waals surface area (Å²) in [7, 11) is 3.11. The van der Waals surface area contributed by atoms with Crippen molar-refractivity contribution in [2.24, 2.45) is 0 Å². The molecule has 37 heavy (non-hydrogen) atoms. The van der Waals surface area contributed by atoms with Gasteiger partial charge in [-0.25, -0.2) is 4.98 Å². The number of methoxy groups -OCH3 is 2. The summed E-state index contributed by atoms with van der Waals surface area (Å²) in [6.45, 7) is 1.73. The average Bonchev–Trinajstić information content (AvgIpc) is 2.90. The number of nitrogens with two attached hydrogens (primary N) is 1. The van der Waals surface area contributed by atoms with Crippen LogP contribution in [0.2, 0.25) is 0 Å². The van der Waals surface area contributed by atoms with E-state index in [-0.39, 0.29) is 18.4 Å². The highest BCUT2D eigenvalue weighted by atomic mass is 16.5.